The molecule has 0 bridgehead atoms. The molecule has 5 amide bonds. The third-order valence-electron chi connectivity index (χ3n) is 16.4. The number of piperidine rings is 4. The molecule has 20 heteroatoms. The number of fused-ring (bicyclic) bond motifs is 1. The van der Waals surface area contributed by atoms with Gasteiger partial charge in [0.25, 0.3) is 11.8 Å². The monoisotopic (exact) mass is 1010 g/mol. The van der Waals surface area contributed by atoms with Crippen molar-refractivity contribution in [2.24, 2.45) is 16.5 Å². The minimum atomic E-state index is -4.08. The number of likely N-dealkylation sites (tertiary alicyclic amines) is 2. The molecule has 71 heavy (non-hydrogen) atoms. The number of carbonyl (C=O) groups is 5. The van der Waals surface area contributed by atoms with E-state index in [2.05, 4.69) is 25.5 Å². The van der Waals surface area contributed by atoms with Gasteiger partial charge in [-0.1, -0.05) is 25.1 Å². The number of aromatic nitrogens is 3. The molecule has 376 valence electrons. The highest BCUT2D eigenvalue weighted by atomic mass is 32.2. The first-order valence-corrected chi connectivity index (χ1v) is 27.5. The smallest absolute Gasteiger partial charge is 0.262 e. The van der Waals surface area contributed by atoms with Crippen molar-refractivity contribution in [3.63, 3.8) is 0 Å². The Kier molecular flexibility index (Phi) is 13.7. The van der Waals surface area contributed by atoms with Crippen LogP contribution < -0.4 is 21.5 Å². The quantitative estimate of drug-likeness (QED) is 0.126. The second-order valence-electron chi connectivity index (χ2n) is 20.5. The standard InChI is InChI=1S/C51H61FN10O7S2/c1-2-40(71(54,68)69)34-4-3-5-35(43(34)52)44-45(37-14-22-56-50(53)57-37)70-47(59-44)30-10-16-51(17-11-30)18-24-60(25-19-51)42(64)27-29-15-23-61(32-12-20-55-21-13-32)39(26-29)31-6-7-33-36(28-31)49(67)62(48(33)66)38-8-9-41(63)58-46(38)65/h3-7,14,22,28-30,32,38-40,55H,2,8-13,15-21,23-27H2,1H3,(H2,53,56,57)(H2,54,68,69)(H,58,63,65)/t29?,38?,39-,40?/m1/s1. The number of thiazole rings is 1. The highest BCUT2D eigenvalue weighted by molar-refractivity contribution is 7.89. The molecule has 6 aliphatic rings. The largest absolute Gasteiger partial charge is 0.368 e. The van der Waals surface area contributed by atoms with Gasteiger partial charge in [-0.2, -0.15) is 0 Å². The zero-order valence-corrected chi connectivity index (χ0v) is 41.5. The van der Waals surface area contributed by atoms with Crippen LogP contribution in [-0.2, 0) is 24.4 Å². The van der Waals surface area contributed by atoms with Gasteiger partial charge in [-0.05, 0) is 138 Å². The van der Waals surface area contributed by atoms with Crippen LogP contribution in [0.3, 0.4) is 0 Å². The maximum absolute atomic E-state index is 16.4. The number of anilines is 1. The molecule has 3 unspecified atom stereocenters. The van der Waals surface area contributed by atoms with E-state index in [0.29, 0.717) is 41.8 Å². The third kappa shape index (κ3) is 9.65. The Labute approximate surface area is 416 Å². The van der Waals surface area contributed by atoms with Gasteiger partial charge >= 0.3 is 0 Å². The van der Waals surface area contributed by atoms with Crippen molar-refractivity contribution < 1.29 is 36.8 Å². The number of nitrogens with one attached hydrogen (secondary N) is 2. The van der Waals surface area contributed by atoms with E-state index in [0.717, 1.165) is 99.3 Å². The number of sulfonamides is 1. The summed E-state index contributed by atoms with van der Waals surface area (Å²) in [7, 11) is -4.08. The molecule has 2 aromatic carbocycles. The van der Waals surface area contributed by atoms with Crippen molar-refractivity contribution in [1.82, 2.24) is 40.3 Å². The maximum Gasteiger partial charge on any atom is 0.262 e. The van der Waals surface area contributed by atoms with Gasteiger partial charge in [0.2, 0.25) is 33.7 Å². The molecule has 4 saturated heterocycles. The first-order valence-electron chi connectivity index (χ1n) is 25.1. The molecule has 17 nitrogen and oxygen atoms in total. The number of nitrogen functional groups attached to an aromatic ring is 1. The highest BCUT2D eigenvalue weighted by Crippen LogP contribution is 2.51. The van der Waals surface area contributed by atoms with Crippen LogP contribution in [0.5, 0.6) is 0 Å². The molecule has 5 fully saturated rings. The van der Waals surface area contributed by atoms with Gasteiger partial charge in [0, 0.05) is 61.3 Å². The zero-order valence-electron chi connectivity index (χ0n) is 39.9. The van der Waals surface area contributed by atoms with E-state index in [-0.39, 0.29) is 76.7 Å². The van der Waals surface area contributed by atoms with Crippen molar-refractivity contribution in [2.45, 2.75) is 126 Å². The Hall–Kier alpha value is -5.54. The first kappa shape index (κ1) is 49.1. The molecule has 4 aromatic rings. The Morgan fingerprint density at radius 2 is 1.65 bits per heavy atom. The number of nitrogens with zero attached hydrogens (tertiary/aromatic N) is 6. The molecule has 2 aromatic heterocycles. The van der Waals surface area contributed by atoms with E-state index in [9.17, 15) is 32.4 Å². The van der Waals surface area contributed by atoms with E-state index >= 15 is 4.39 Å². The van der Waals surface area contributed by atoms with Gasteiger partial charge < -0.3 is 16.0 Å². The molecule has 1 aliphatic carbocycles. The van der Waals surface area contributed by atoms with Crippen LogP contribution in [0, 0.1) is 17.2 Å². The highest BCUT2D eigenvalue weighted by Gasteiger charge is 2.46. The van der Waals surface area contributed by atoms with Crippen molar-refractivity contribution in [3.8, 4) is 21.8 Å². The van der Waals surface area contributed by atoms with Gasteiger partial charge in [0.05, 0.1) is 32.4 Å². The van der Waals surface area contributed by atoms with Gasteiger partial charge in [0.15, 0.2) is 0 Å². The molecule has 5 aliphatic heterocycles. The van der Waals surface area contributed by atoms with Crippen molar-refractivity contribution in [1.29, 1.82) is 0 Å². The fraction of sp³-hybridized carbons (Fsp3) is 0.529. The number of nitrogens with two attached hydrogens (primary N) is 2. The van der Waals surface area contributed by atoms with Crippen LogP contribution >= 0.6 is 11.3 Å². The number of halogens is 1. The van der Waals surface area contributed by atoms with E-state index in [1.54, 1.807) is 37.4 Å². The lowest BCUT2D eigenvalue weighted by Gasteiger charge is -2.47. The molecular formula is C51H61FN10O7S2. The fourth-order valence-electron chi connectivity index (χ4n) is 12.4. The number of imide groups is 2. The molecule has 0 radical (unpaired) electrons. The average molecular weight is 1010 g/mol. The topological polar surface area (TPSA) is 244 Å². The number of hydrogen-bond acceptors (Lipinski definition) is 14. The molecular weight excluding hydrogens is 948 g/mol. The number of rotatable bonds is 11. The lowest BCUT2D eigenvalue weighted by molar-refractivity contribution is -0.137. The number of primary sulfonamides is 1. The van der Waals surface area contributed by atoms with Crippen LogP contribution in [0.1, 0.15) is 151 Å². The van der Waals surface area contributed by atoms with Crippen molar-refractivity contribution in [3.05, 3.63) is 81.7 Å². The van der Waals surface area contributed by atoms with E-state index in [1.807, 2.05) is 17.0 Å². The first-order chi connectivity index (χ1) is 34.1. The van der Waals surface area contributed by atoms with Crippen LogP contribution in [0.4, 0.5) is 10.3 Å². The molecule has 1 spiro atoms. The normalized spacial score (nSPS) is 24.1. The predicted octanol–water partition coefficient (Wildman–Crippen LogP) is 5.99. The van der Waals surface area contributed by atoms with E-state index in [4.69, 9.17) is 15.9 Å². The summed E-state index contributed by atoms with van der Waals surface area (Å²) in [6.07, 6.45) is 11.4. The summed E-state index contributed by atoms with van der Waals surface area (Å²) in [5, 5.41) is 10.9. The molecule has 10 rings (SSSR count). The van der Waals surface area contributed by atoms with Crippen LogP contribution in [0.2, 0.25) is 0 Å². The van der Waals surface area contributed by atoms with Crippen molar-refractivity contribution in [2.75, 3.05) is 38.5 Å². The molecule has 6 N–H and O–H groups in total. The summed E-state index contributed by atoms with van der Waals surface area (Å²) in [4.78, 5) is 86.0. The van der Waals surface area contributed by atoms with Crippen LogP contribution in [0.25, 0.3) is 21.8 Å². The van der Waals surface area contributed by atoms with Crippen LogP contribution in [-0.4, -0.2) is 112 Å². The number of benzene rings is 2. The second-order valence-corrected chi connectivity index (χ2v) is 23.2. The summed E-state index contributed by atoms with van der Waals surface area (Å²) < 4.78 is 41.4. The Bertz CT molecular complexity index is 2870. The minimum Gasteiger partial charge on any atom is -0.368 e. The molecule has 1 saturated carbocycles. The fourth-order valence-corrected chi connectivity index (χ4v) is 14.6. The maximum atomic E-state index is 16.4. The van der Waals surface area contributed by atoms with E-state index in [1.165, 1.54) is 17.4 Å². The van der Waals surface area contributed by atoms with Crippen LogP contribution in [0.15, 0.2) is 48.7 Å². The summed E-state index contributed by atoms with van der Waals surface area (Å²) in [5.41, 5.74) is 8.61. The minimum absolute atomic E-state index is 0.00186. The Morgan fingerprint density at radius 3 is 2.35 bits per heavy atom. The summed E-state index contributed by atoms with van der Waals surface area (Å²) in [5.74, 6) is -2.29. The number of hydrogen-bond donors (Lipinski definition) is 4. The number of carbonyl (C=O) groups excluding carboxylic acids is 5. The molecule has 4 atom stereocenters. The molecule has 7 heterocycles. The van der Waals surface area contributed by atoms with Gasteiger partial charge in [-0.15, -0.1) is 11.3 Å². The van der Waals surface area contributed by atoms with Gasteiger partial charge in [-0.3, -0.25) is 39.1 Å². The third-order valence-corrected chi connectivity index (χ3v) is 19.0. The Morgan fingerprint density at radius 1 is 0.901 bits per heavy atom. The summed E-state index contributed by atoms with van der Waals surface area (Å²) in [6, 6.07) is 11.1. The zero-order chi connectivity index (χ0) is 49.8. The van der Waals surface area contributed by atoms with E-state index < -0.39 is 50.8 Å². The lowest BCUT2D eigenvalue weighted by atomic mass is 9.65. The number of amides is 5. The van der Waals surface area contributed by atoms with Gasteiger partial charge in [-0.25, -0.2) is 32.9 Å². The Balaban J connectivity index is 0.799. The lowest BCUT2D eigenvalue weighted by Crippen LogP contribution is -2.54. The predicted molar refractivity (Wildman–Crippen MR) is 264 cm³/mol. The average Bonchev–Trinajstić information content (AvgIpc) is 3.90. The second kappa shape index (κ2) is 19.8. The summed E-state index contributed by atoms with van der Waals surface area (Å²) >= 11 is 1.45. The van der Waals surface area contributed by atoms with Crippen molar-refractivity contribution >= 4 is 56.8 Å². The SMILES string of the molecule is CCC(c1cccc(-c2nc(C3CCC4(CC3)CCN(C(=O)CC3CCN(C5CCNCC5)[C@@H](c5ccc6c(c5)C(=O)N(C5CCC(=O)NC5=O)C6=O)C3)CC4)sc2-c2ccnc(N)n2)c1F)S(N)(=O)=O. The van der Waals surface area contributed by atoms with Gasteiger partial charge in [0.1, 0.15) is 17.1 Å². The summed E-state index contributed by atoms with van der Waals surface area (Å²) in [6.45, 7) is 5.70.